The molecule has 0 spiro atoms. The number of nitrogens with zero attached hydrogens (tertiary/aromatic N) is 4. The number of aromatic nitrogens is 2. The molecule has 0 bridgehead atoms. The molecule has 3 rings (SSSR count). The third kappa shape index (κ3) is 2.67. The lowest BCUT2D eigenvalue weighted by Gasteiger charge is -2.07. The SMILES string of the molecule is Cc1nn(C)c2c1C(c1cccc([N+](=O)[O-])c1)=NCCN2.Cl. The molecule has 1 aliphatic rings. The first-order valence-corrected chi connectivity index (χ1v) is 6.65. The van der Waals surface area contributed by atoms with Crippen LogP contribution in [0.25, 0.3) is 0 Å². The second kappa shape index (κ2) is 6.15. The van der Waals surface area contributed by atoms with Crippen LogP contribution < -0.4 is 5.32 Å². The first-order valence-electron chi connectivity index (χ1n) is 6.65. The fraction of sp³-hybridized carbons (Fsp3) is 0.286. The minimum absolute atomic E-state index is 0. The lowest BCUT2D eigenvalue weighted by molar-refractivity contribution is -0.384. The fourth-order valence-electron chi connectivity index (χ4n) is 2.57. The first-order chi connectivity index (χ1) is 10.1. The lowest BCUT2D eigenvalue weighted by Crippen LogP contribution is -2.08. The second-order valence-electron chi connectivity index (χ2n) is 4.90. The van der Waals surface area contributed by atoms with Gasteiger partial charge in [-0.2, -0.15) is 5.10 Å². The van der Waals surface area contributed by atoms with Crippen LogP contribution in [0.2, 0.25) is 0 Å². The van der Waals surface area contributed by atoms with Crippen molar-refractivity contribution >= 4 is 29.6 Å². The van der Waals surface area contributed by atoms with Crippen LogP contribution in [0, 0.1) is 17.0 Å². The molecule has 0 saturated heterocycles. The standard InChI is InChI=1S/C14H15N5O2.ClH/c1-9-12-13(10-4-3-5-11(8-10)19(20)21)15-6-7-16-14(12)18(2)17-9;/h3-5,8,16H,6-7H2,1-2H3;1H. The average molecular weight is 322 g/mol. The summed E-state index contributed by atoms with van der Waals surface area (Å²) in [5.41, 5.74) is 3.33. The number of anilines is 1. The highest BCUT2D eigenvalue weighted by Gasteiger charge is 2.22. The molecular weight excluding hydrogens is 306 g/mol. The molecule has 8 heteroatoms. The van der Waals surface area contributed by atoms with Gasteiger partial charge in [-0.1, -0.05) is 12.1 Å². The minimum atomic E-state index is -0.393. The zero-order chi connectivity index (χ0) is 15.0. The monoisotopic (exact) mass is 321 g/mol. The Labute approximate surface area is 133 Å². The predicted octanol–water partition coefficient (Wildman–Crippen LogP) is 2.32. The number of aryl methyl sites for hydroxylation is 2. The summed E-state index contributed by atoms with van der Waals surface area (Å²) in [6, 6.07) is 6.56. The van der Waals surface area contributed by atoms with Crippen molar-refractivity contribution in [1.29, 1.82) is 0 Å². The molecule has 0 atom stereocenters. The van der Waals surface area contributed by atoms with Crippen LogP contribution in [0.5, 0.6) is 0 Å². The molecule has 7 nitrogen and oxygen atoms in total. The smallest absolute Gasteiger partial charge is 0.270 e. The van der Waals surface area contributed by atoms with E-state index in [9.17, 15) is 10.1 Å². The van der Waals surface area contributed by atoms with Gasteiger partial charge in [0.2, 0.25) is 0 Å². The number of aliphatic imine (C=N–C) groups is 1. The highest BCUT2D eigenvalue weighted by atomic mass is 35.5. The van der Waals surface area contributed by atoms with Crippen molar-refractivity contribution in [2.45, 2.75) is 6.92 Å². The van der Waals surface area contributed by atoms with Gasteiger partial charge in [0.25, 0.3) is 5.69 Å². The van der Waals surface area contributed by atoms with E-state index in [1.807, 2.05) is 20.0 Å². The van der Waals surface area contributed by atoms with E-state index in [0.717, 1.165) is 28.4 Å². The number of fused-ring (bicyclic) bond motifs is 1. The van der Waals surface area contributed by atoms with Crippen LogP contribution in [0.3, 0.4) is 0 Å². The molecule has 1 aliphatic heterocycles. The molecule has 1 aromatic heterocycles. The van der Waals surface area contributed by atoms with E-state index < -0.39 is 4.92 Å². The van der Waals surface area contributed by atoms with E-state index >= 15 is 0 Å². The molecule has 0 fully saturated rings. The predicted molar refractivity (Wildman–Crippen MR) is 87.3 cm³/mol. The van der Waals surface area contributed by atoms with Crippen molar-refractivity contribution < 1.29 is 4.92 Å². The number of halogens is 1. The van der Waals surface area contributed by atoms with E-state index in [4.69, 9.17) is 0 Å². The Morgan fingerprint density at radius 3 is 2.91 bits per heavy atom. The number of hydrogen-bond donors (Lipinski definition) is 1. The zero-order valence-corrected chi connectivity index (χ0v) is 13.1. The first kappa shape index (κ1) is 16.0. The third-order valence-electron chi connectivity index (χ3n) is 3.46. The Bertz CT molecular complexity index is 754. The number of benzene rings is 1. The van der Waals surface area contributed by atoms with E-state index in [1.54, 1.807) is 16.8 Å². The molecular formula is C14H16ClN5O2. The summed E-state index contributed by atoms with van der Waals surface area (Å²) < 4.78 is 1.78. The van der Waals surface area contributed by atoms with Crippen LogP contribution in [0.4, 0.5) is 11.5 Å². The quantitative estimate of drug-likeness (QED) is 0.679. The molecule has 0 amide bonds. The van der Waals surface area contributed by atoms with Crippen molar-refractivity contribution in [3.8, 4) is 0 Å². The van der Waals surface area contributed by atoms with Gasteiger partial charge in [-0.05, 0) is 6.92 Å². The maximum absolute atomic E-state index is 11.0. The van der Waals surface area contributed by atoms with Crippen molar-refractivity contribution in [2.24, 2.45) is 12.0 Å². The molecule has 2 heterocycles. The molecule has 2 aromatic rings. The molecule has 0 aliphatic carbocycles. The molecule has 22 heavy (non-hydrogen) atoms. The third-order valence-corrected chi connectivity index (χ3v) is 3.46. The van der Waals surface area contributed by atoms with E-state index in [2.05, 4.69) is 15.4 Å². The maximum Gasteiger partial charge on any atom is 0.270 e. The Balaban J connectivity index is 0.00000176. The van der Waals surface area contributed by atoms with Crippen molar-refractivity contribution in [3.05, 3.63) is 51.2 Å². The van der Waals surface area contributed by atoms with Gasteiger partial charge in [0.05, 0.1) is 28.4 Å². The zero-order valence-electron chi connectivity index (χ0n) is 12.2. The van der Waals surface area contributed by atoms with Gasteiger partial charge in [-0.3, -0.25) is 19.8 Å². The molecule has 116 valence electrons. The maximum atomic E-state index is 11.0. The normalized spacial score (nSPS) is 13.3. The van der Waals surface area contributed by atoms with Crippen LogP contribution in [0.15, 0.2) is 29.3 Å². The summed E-state index contributed by atoms with van der Waals surface area (Å²) in [5, 5.41) is 18.7. The molecule has 1 N–H and O–H groups in total. The molecule has 0 radical (unpaired) electrons. The van der Waals surface area contributed by atoms with E-state index in [-0.39, 0.29) is 18.1 Å². The van der Waals surface area contributed by atoms with Crippen LogP contribution in [0.1, 0.15) is 16.8 Å². The number of nitro benzene ring substituents is 1. The van der Waals surface area contributed by atoms with Gasteiger partial charge in [0.15, 0.2) is 0 Å². The number of hydrogen-bond acceptors (Lipinski definition) is 5. The van der Waals surface area contributed by atoms with Crippen LogP contribution in [-0.2, 0) is 7.05 Å². The minimum Gasteiger partial charge on any atom is -0.368 e. The van der Waals surface area contributed by atoms with Crippen molar-refractivity contribution in [1.82, 2.24) is 9.78 Å². The van der Waals surface area contributed by atoms with Crippen LogP contribution >= 0.6 is 12.4 Å². The van der Waals surface area contributed by atoms with Gasteiger partial charge in [-0.25, -0.2) is 0 Å². The number of nitrogens with one attached hydrogen (secondary N) is 1. The summed E-state index contributed by atoms with van der Waals surface area (Å²) in [5.74, 6) is 0.898. The molecule has 1 aromatic carbocycles. The largest absolute Gasteiger partial charge is 0.368 e. The van der Waals surface area contributed by atoms with Gasteiger partial charge in [0, 0.05) is 31.3 Å². The van der Waals surface area contributed by atoms with Crippen LogP contribution in [-0.4, -0.2) is 33.5 Å². The van der Waals surface area contributed by atoms with Gasteiger partial charge in [0.1, 0.15) is 5.82 Å². The summed E-state index contributed by atoms with van der Waals surface area (Å²) >= 11 is 0. The molecule has 0 saturated carbocycles. The Hall–Kier alpha value is -2.41. The number of non-ortho nitro benzene ring substituents is 1. The van der Waals surface area contributed by atoms with E-state index in [0.29, 0.717) is 13.1 Å². The Morgan fingerprint density at radius 2 is 2.18 bits per heavy atom. The van der Waals surface area contributed by atoms with Crippen molar-refractivity contribution in [2.75, 3.05) is 18.4 Å². The second-order valence-corrected chi connectivity index (χ2v) is 4.90. The van der Waals surface area contributed by atoms with Gasteiger partial charge >= 0.3 is 0 Å². The van der Waals surface area contributed by atoms with Gasteiger partial charge < -0.3 is 5.32 Å². The summed E-state index contributed by atoms with van der Waals surface area (Å²) in [6.45, 7) is 3.25. The highest BCUT2D eigenvalue weighted by Crippen LogP contribution is 2.26. The topological polar surface area (TPSA) is 85.3 Å². The highest BCUT2D eigenvalue weighted by molar-refractivity contribution is 6.16. The number of rotatable bonds is 2. The lowest BCUT2D eigenvalue weighted by atomic mass is 10.0. The van der Waals surface area contributed by atoms with Crippen molar-refractivity contribution in [3.63, 3.8) is 0 Å². The number of nitro groups is 1. The van der Waals surface area contributed by atoms with E-state index in [1.165, 1.54) is 6.07 Å². The summed E-state index contributed by atoms with van der Waals surface area (Å²) in [4.78, 5) is 15.2. The van der Waals surface area contributed by atoms with Gasteiger partial charge in [-0.15, -0.1) is 12.4 Å². The average Bonchev–Trinajstić information content (AvgIpc) is 2.66. The Kier molecular flexibility index (Phi) is 4.46. The molecule has 0 unspecified atom stereocenters. The summed E-state index contributed by atoms with van der Waals surface area (Å²) in [6.07, 6.45) is 0. The summed E-state index contributed by atoms with van der Waals surface area (Å²) in [7, 11) is 1.87. The fourth-order valence-corrected chi connectivity index (χ4v) is 2.57. The Morgan fingerprint density at radius 1 is 1.41 bits per heavy atom.